The Morgan fingerprint density at radius 3 is 2.40 bits per heavy atom. The Labute approximate surface area is 69.3 Å². The molecule has 0 N–H and O–H groups in total. The molecule has 0 unspecified atom stereocenters. The second kappa shape index (κ2) is 9.03. The van der Waals surface area contributed by atoms with Crippen molar-refractivity contribution in [3.63, 3.8) is 0 Å². The highest BCUT2D eigenvalue weighted by molar-refractivity contribution is 6.17. The Hall–Kier alpha value is 0.0300. The normalized spacial score (nSPS) is 11.0. The number of hydrogen-bond acceptors (Lipinski definition) is 0. The first kappa shape index (κ1) is 10.0. The van der Waals surface area contributed by atoms with Crippen LogP contribution in [0.1, 0.15) is 39.0 Å². The molecule has 0 heterocycles. The van der Waals surface area contributed by atoms with Crippen LogP contribution in [0.15, 0.2) is 12.2 Å². The summed E-state index contributed by atoms with van der Waals surface area (Å²) in [5.74, 6) is 0.823. The summed E-state index contributed by atoms with van der Waals surface area (Å²) in [6, 6.07) is 0. The molecule has 0 aromatic rings. The van der Waals surface area contributed by atoms with E-state index in [4.69, 9.17) is 11.6 Å². The van der Waals surface area contributed by atoms with Gasteiger partial charge in [-0.2, -0.15) is 0 Å². The molecule has 1 heteroatoms. The van der Waals surface area contributed by atoms with Crippen molar-refractivity contribution >= 4 is 11.6 Å². The lowest BCUT2D eigenvalue weighted by molar-refractivity contribution is 0.676. The lowest BCUT2D eigenvalue weighted by Gasteiger charge is -1.94. The average Bonchev–Trinajstić information content (AvgIpc) is 1.97. The SMILES string of the molecule is C/C=C/CCCCCCCl. The standard InChI is InChI=1S/C9H17Cl/c1-2-3-4-5-6-7-8-9-10/h2-3H,4-9H2,1H3/b3-2+. The summed E-state index contributed by atoms with van der Waals surface area (Å²) in [4.78, 5) is 0. The first-order chi connectivity index (χ1) is 4.91. The van der Waals surface area contributed by atoms with Crippen molar-refractivity contribution in [1.82, 2.24) is 0 Å². The van der Waals surface area contributed by atoms with E-state index in [2.05, 4.69) is 19.1 Å². The van der Waals surface area contributed by atoms with Crippen LogP contribution in [0.2, 0.25) is 0 Å². The molecular formula is C9H17Cl. The Kier molecular flexibility index (Phi) is 9.06. The molecule has 0 aromatic carbocycles. The fourth-order valence-electron chi connectivity index (χ4n) is 0.877. The second-order valence-corrected chi connectivity index (χ2v) is 2.84. The van der Waals surface area contributed by atoms with Gasteiger partial charge in [0.25, 0.3) is 0 Å². The third kappa shape index (κ3) is 8.03. The molecule has 0 spiro atoms. The Balaban J connectivity index is 2.77. The third-order valence-corrected chi connectivity index (χ3v) is 1.76. The van der Waals surface area contributed by atoms with Crippen LogP contribution in [0.3, 0.4) is 0 Å². The van der Waals surface area contributed by atoms with E-state index < -0.39 is 0 Å². The van der Waals surface area contributed by atoms with Crippen LogP contribution in [-0.4, -0.2) is 5.88 Å². The fraction of sp³-hybridized carbons (Fsp3) is 0.778. The molecule has 0 amide bonds. The van der Waals surface area contributed by atoms with Crippen LogP contribution in [-0.2, 0) is 0 Å². The molecule has 0 saturated heterocycles. The summed E-state index contributed by atoms with van der Waals surface area (Å²) in [7, 11) is 0. The van der Waals surface area contributed by atoms with Gasteiger partial charge in [-0.1, -0.05) is 25.0 Å². The van der Waals surface area contributed by atoms with Gasteiger partial charge < -0.3 is 0 Å². The number of hydrogen-bond donors (Lipinski definition) is 0. The molecule has 0 radical (unpaired) electrons. The fourth-order valence-corrected chi connectivity index (χ4v) is 1.07. The summed E-state index contributed by atoms with van der Waals surface area (Å²) in [6.45, 7) is 2.07. The first-order valence-electron chi connectivity index (χ1n) is 4.09. The average molecular weight is 161 g/mol. The lowest BCUT2D eigenvalue weighted by atomic mass is 10.1. The number of halogens is 1. The lowest BCUT2D eigenvalue weighted by Crippen LogP contribution is -1.77. The van der Waals surface area contributed by atoms with E-state index in [-0.39, 0.29) is 0 Å². The van der Waals surface area contributed by atoms with Crippen molar-refractivity contribution in [2.24, 2.45) is 0 Å². The zero-order valence-electron chi connectivity index (χ0n) is 6.78. The molecule has 10 heavy (non-hydrogen) atoms. The van der Waals surface area contributed by atoms with E-state index >= 15 is 0 Å². The third-order valence-electron chi connectivity index (χ3n) is 1.49. The quantitative estimate of drug-likeness (QED) is 0.316. The molecule has 60 valence electrons. The second-order valence-electron chi connectivity index (χ2n) is 2.46. The van der Waals surface area contributed by atoms with Gasteiger partial charge in [0.15, 0.2) is 0 Å². The summed E-state index contributed by atoms with van der Waals surface area (Å²) in [6.07, 6.45) is 10.7. The summed E-state index contributed by atoms with van der Waals surface area (Å²) >= 11 is 5.53. The Morgan fingerprint density at radius 1 is 1.10 bits per heavy atom. The maximum atomic E-state index is 5.53. The van der Waals surface area contributed by atoms with Crippen LogP contribution < -0.4 is 0 Å². The summed E-state index contributed by atoms with van der Waals surface area (Å²) < 4.78 is 0. The van der Waals surface area contributed by atoms with Gasteiger partial charge in [0.1, 0.15) is 0 Å². The molecular weight excluding hydrogens is 144 g/mol. The van der Waals surface area contributed by atoms with Gasteiger partial charge in [-0.25, -0.2) is 0 Å². The zero-order valence-corrected chi connectivity index (χ0v) is 7.53. The van der Waals surface area contributed by atoms with Gasteiger partial charge in [-0.05, 0) is 26.2 Å². The van der Waals surface area contributed by atoms with Crippen LogP contribution in [0.5, 0.6) is 0 Å². The number of alkyl halides is 1. The minimum Gasteiger partial charge on any atom is -0.127 e. The molecule has 0 aliphatic heterocycles. The number of rotatable bonds is 6. The van der Waals surface area contributed by atoms with E-state index in [0.29, 0.717) is 0 Å². The van der Waals surface area contributed by atoms with E-state index in [1.54, 1.807) is 0 Å². The molecule has 0 rings (SSSR count). The van der Waals surface area contributed by atoms with Gasteiger partial charge in [-0.15, -0.1) is 11.6 Å². The van der Waals surface area contributed by atoms with Crippen molar-refractivity contribution in [2.45, 2.75) is 39.0 Å². The highest BCUT2D eigenvalue weighted by Crippen LogP contribution is 2.03. The van der Waals surface area contributed by atoms with Gasteiger partial charge >= 0.3 is 0 Å². The minimum absolute atomic E-state index is 0.823. The highest BCUT2D eigenvalue weighted by atomic mass is 35.5. The first-order valence-corrected chi connectivity index (χ1v) is 4.62. The summed E-state index contributed by atoms with van der Waals surface area (Å²) in [5, 5.41) is 0. The highest BCUT2D eigenvalue weighted by Gasteiger charge is 1.85. The van der Waals surface area contributed by atoms with Crippen LogP contribution in [0, 0.1) is 0 Å². The van der Waals surface area contributed by atoms with Crippen molar-refractivity contribution in [2.75, 3.05) is 5.88 Å². The van der Waals surface area contributed by atoms with Crippen molar-refractivity contribution < 1.29 is 0 Å². The van der Waals surface area contributed by atoms with Crippen LogP contribution >= 0.6 is 11.6 Å². The van der Waals surface area contributed by atoms with E-state index in [1.165, 1.54) is 32.1 Å². The van der Waals surface area contributed by atoms with Crippen LogP contribution in [0.4, 0.5) is 0 Å². The smallest absolute Gasteiger partial charge is 0.0223 e. The molecule has 0 aliphatic carbocycles. The summed E-state index contributed by atoms with van der Waals surface area (Å²) in [5.41, 5.74) is 0. The van der Waals surface area contributed by atoms with Gasteiger partial charge in [-0.3, -0.25) is 0 Å². The molecule has 0 bridgehead atoms. The zero-order chi connectivity index (χ0) is 7.66. The largest absolute Gasteiger partial charge is 0.127 e. The van der Waals surface area contributed by atoms with Crippen molar-refractivity contribution in [3.8, 4) is 0 Å². The van der Waals surface area contributed by atoms with E-state index in [9.17, 15) is 0 Å². The minimum atomic E-state index is 0.823. The van der Waals surface area contributed by atoms with Gasteiger partial charge in [0.05, 0.1) is 0 Å². The monoisotopic (exact) mass is 160 g/mol. The molecule has 0 aliphatic rings. The molecule has 0 nitrogen and oxygen atoms in total. The molecule has 0 atom stereocenters. The predicted molar refractivity (Wildman–Crippen MR) is 48.6 cm³/mol. The van der Waals surface area contributed by atoms with E-state index in [1.807, 2.05) is 0 Å². The number of allylic oxidation sites excluding steroid dienone is 2. The van der Waals surface area contributed by atoms with Gasteiger partial charge in [0, 0.05) is 5.88 Å². The molecule has 0 aromatic heterocycles. The molecule has 0 fully saturated rings. The molecule has 0 saturated carbocycles. The maximum Gasteiger partial charge on any atom is 0.0223 e. The Morgan fingerprint density at radius 2 is 1.80 bits per heavy atom. The van der Waals surface area contributed by atoms with E-state index in [0.717, 1.165) is 5.88 Å². The van der Waals surface area contributed by atoms with Crippen molar-refractivity contribution in [3.05, 3.63) is 12.2 Å². The predicted octanol–water partition coefficient (Wildman–Crippen LogP) is 3.75. The maximum absolute atomic E-state index is 5.53. The van der Waals surface area contributed by atoms with Gasteiger partial charge in [0.2, 0.25) is 0 Å². The van der Waals surface area contributed by atoms with Crippen LogP contribution in [0.25, 0.3) is 0 Å². The Bertz CT molecular complexity index is 76.8. The topological polar surface area (TPSA) is 0 Å². The number of unbranched alkanes of at least 4 members (excludes halogenated alkanes) is 4. The van der Waals surface area contributed by atoms with Crippen molar-refractivity contribution in [1.29, 1.82) is 0 Å².